The number of rotatable bonds is 3. The molecule has 4 rings (SSSR count). The van der Waals surface area contributed by atoms with Crippen LogP contribution in [0.25, 0.3) is 22.6 Å². The molecule has 2 aromatic heterocycles. The van der Waals surface area contributed by atoms with Crippen molar-refractivity contribution in [2.75, 3.05) is 13.1 Å². The van der Waals surface area contributed by atoms with Crippen LogP contribution in [0.5, 0.6) is 0 Å². The van der Waals surface area contributed by atoms with Crippen LogP contribution in [-0.2, 0) is 17.1 Å². The van der Waals surface area contributed by atoms with Crippen LogP contribution in [0.4, 0.5) is 0 Å². The quantitative estimate of drug-likeness (QED) is 0.792. The Morgan fingerprint density at radius 3 is 2.70 bits per heavy atom. The van der Waals surface area contributed by atoms with E-state index in [4.69, 9.17) is 0 Å². The smallest absolute Gasteiger partial charge is 0.243 e. The van der Waals surface area contributed by atoms with Gasteiger partial charge >= 0.3 is 0 Å². The fourth-order valence-corrected chi connectivity index (χ4v) is 4.57. The molecule has 7 nitrogen and oxygen atoms in total. The summed E-state index contributed by atoms with van der Waals surface area (Å²) in [6.45, 7) is 1.20. The first kappa shape index (κ1) is 14.4. The Morgan fingerprint density at radius 1 is 1.22 bits per heavy atom. The Hall–Kier alpha value is -2.19. The van der Waals surface area contributed by atoms with E-state index >= 15 is 0 Å². The maximum atomic E-state index is 12.7. The number of aryl methyl sites for hydroxylation is 1. The molecule has 23 heavy (non-hydrogen) atoms. The van der Waals surface area contributed by atoms with Gasteiger partial charge in [-0.15, -0.1) is 0 Å². The highest BCUT2D eigenvalue weighted by Gasteiger charge is 2.27. The van der Waals surface area contributed by atoms with Crippen molar-refractivity contribution in [3.8, 4) is 11.5 Å². The molecule has 1 aliphatic rings. The SMILES string of the molecule is Cn1c(-c2cnc[nH]2)nc2cc(S(=O)(=O)N3CCCC3)ccc21. The number of hydrogen-bond donors (Lipinski definition) is 1. The summed E-state index contributed by atoms with van der Waals surface area (Å²) < 4.78 is 28.8. The van der Waals surface area contributed by atoms with E-state index in [9.17, 15) is 8.42 Å². The summed E-state index contributed by atoms with van der Waals surface area (Å²) in [5.74, 6) is 0.730. The van der Waals surface area contributed by atoms with E-state index in [2.05, 4.69) is 15.0 Å². The van der Waals surface area contributed by atoms with Gasteiger partial charge in [-0.3, -0.25) is 0 Å². The van der Waals surface area contributed by atoms with Crippen LogP contribution in [0, 0.1) is 0 Å². The Bertz CT molecular complexity index is 953. The molecule has 0 unspecified atom stereocenters. The lowest BCUT2D eigenvalue weighted by Gasteiger charge is -2.15. The van der Waals surface area contributed by atoms with Gasteiger partial charge in [0.1, 0.15) is 5.69 Å². The Morgan fingerprint density at radius 2 is 2.00 bits per heavy atom. The second-order valence-electron chi connectivity index (χ2n) is 5.72. The third kappa shape index (κ3) is 2.25. The molecule has 0 aliphatic carbocycles. The van der Waals surface area contributed by atoms with E-state index in [0.717, 1.165) is 29.9 Å². The minimum absolute atomic E-state index is 0.307. The average molecular weight is 331 g/mol. The summed E-state index contributed by atoms with van der Waals surface area (Å²) in [6, 6.07) is 5.13. The molecule has 0 bridgehead atoms. The maximum absolute atomic E-state index is 12.7. The highest BCUT2D eigenvalue weighted by Crippen LogP contribution is 2.27. The minimum atomic E-state index is -3.42. The lowest BCUT2D eigenvalue weighted by atomic mass is 10.3. The summed E-state index contributed by atoms with van der Waals surface area (Å²) in [5, 5.41) is 0. The molecule has 0 spiro atoms. The van der Waals surface area contributed by atoms with Crippen LogP contribution >= 0.6 is 0 Å². The van der Waals surface area contributed by atoms with Crippen LogP contribution in [-0.4, -0.2) is 45.3 Å². The third-order valence-corrected chi connectivity index (χ3v) is 6.19. The summed E-state index contributed by atoms with van der Waals surface area (Å²) in [4.78, 5) is 11.9. The average Bonchev–Trinajstić information content (AvgIpc) is 3.28. The van der Waals surface area contributed by atoms with E-state index < -0.39 is 10.0 Å². The number of aromatic nitrogens is 4. The number of fused-ring (bicyclic) bond motifs is 1. The van der Waals surface area contributed by atoms with Crippen LogP contribution in [0.2, 0.25) is 0 Å². The maximum Gasteiger partial charge on any atom is 0.243 e. The summed E-state index contributed by atoms with van der Waals surface area (Å²) in [5.41, 5.74) is 2.35. The molecule has 0 radical (unpaired) electrons. The fraction of sp³-hybridized carbons (Fsp3) is 0.333. The van der Waals surface area contributed by atoms with Crippen molar-refractivity contribution in [2.45, 2.75) is 17.7 Å². The van der Waals surface area contributed by atoms with Gasteiger partial charge in [0.25, 0.3) is 0 Å². The van der Waals surface area contributed by atoms with Gasteiger partial charge in [-0.05, 0) is 31.0 Å². The second-order valence-corrected chi connectivity index (χ2v) is 7.66. The predicted molar refractivity (Wildman–Crippen MR) is 86.3 cm³/mol. The monoisotopic (exact) mass is 331 g/mol. The van der Waals surface area contributed by atoms with E-state index in [0.29, 0.717) is 23.5 Å². The highest BCUT2D eigenvalue weighted by molar-refractivity contribution is 7.89. The first-order chi connectivity index (χ1) is 11.1. The number of nitrogens with one attached hydrogen (secondary N) is 1. The third-order valence-electron chi connectivity index (χ3n) is 4.29. The van der Waals surface area contributed by atoms with E-state index in [1.54, 1.807) is 29.0 Å². The largest absolute Gasteiger partial charge is 0.342 e. The molecule has 120 valence electrons. The van der Waals surface area contributed by atoms with Crippen molar-refractivity contribution < 1.29 is 8.42 Å². The number of H-pyrrole nitrogens is 1. The van der Waals surface area contributed by atoms with Crippen LogP contribution < -0.4 is 0 Å². The molecule has 3 heterocycles. The molecule has 1 saturated heterocycles. The summed E-state index contributed by atoms with van der Waals surface area (Å²) in [7, 11) is -1.52. The Balaban J connectivity index is 1.82. The number of imidazole rings is 2. The molecule has 1 N–H and O–H groups in total. The van der Waals surface area contributed by atoms with Gasteiger partial charge in [-0.2, -0.15) is 4.31 Å². The lowest BCUT2D eigenvalue weighted by Crippen LogP contribution is -2.27. The predicted octanol–water partition coefficient (Wildman–Crippen LogP) is 1.75. The second kappa shape index (κ2) is 5.17. The first-order valence-electron chi connectivity index (χ1n) is 7.53. The van der Waals surface area contributed by atoms with Crippen molar-refractivity contribution in [2.24, 2.45) is 7.05 Å². The number of nitrogens with zero attached hydrogens (tertiary/aromatic N) is 4. The zero-order valence-corrected chi connectivity index (χ0v) is 13.5. The number of hydrogen-bond acceptors (Lipinski definition) is 4. The molecule has 0 atom stereocenters. The molecule has 0 saturated carbocycles. The van der Waals surface area contributed by atoms with Crippen LogP contribution in [0.15, 0.2) is 35.6 Å². The van der Waals surface area contributed by atoms with E-state index in [-0.39, 0.29) is 0 Å². The normalized spacial score (nSPS) is 16.4. The Kier molecular flexibility index (Phi) is 3.24. The van der Waals surface area contributed by atoms with Crippen LogP contribution in [0.3, 0.4) is 0 Å². The highest BCUT2D eigenvalue weighted by atomic mass is 32.2. The van der Waals surface area contributed by atoms with Crippen LogP contribution in [0.1, 0.15) is 12.8 Å². The van der Waals surface area contributed by atoms with Gasteiger partial charge in [0.05, 0.1) is 28.5 Å². The van der Waals surface area contributed by atoms with Gasteiger partial charge in [-0.1, -0.05) is 0 Å². The van der Waals surface area contributed by atoms with Crippen molar-refractivity contribution in [1.82, 2.24) is 23.8 Å². The van der Waals surface area contributed by atoms with Crippen molar-refractivity contribution in [1.29, 1.82) is 0 Å². The molecule has 8 heteroatoms. The van der Waals surface area contributed by atoms with Gasteiger partial charge in [0.15, 0.2) is 5.82 Å². The fourth-order valence-electron chi connectivity index (χ4n) is 3.04. The standard InChI is InChI=1S/C15H17N5O2S/c1-19-14-5-4-11(23(21,22)20-6-2-3-7-20)8-12(14)18-15(19)13-9-16-10-17-13/h4-5,8-10H,2-3,6-7H2,1H3,(H,16,17). The first-order valence-corrected chi connectivity index (χ1v) is 8.97. The van der Waals surface area contributed by atoms with Crippen molar-refractivity contribution in [3.63, 3.8) is 0 Å². The van der Waals surface area contributed by atoms with E-state index in [1.165, 1.54) is 0 Å². The molecule has 1 fully saturated rings. The van der Waals surface area contributed by atoms with Gasteiger partial charge in [0.2, 0.25) is 10.0 Å². The summed E-state index contributed by atoms with van der Waals surface area (Å²) in [6.07, 6.45) is 5.14. The Labute approximate surface area is 134 Å². The molecule has 0 amide bonds. The van der Waals surface area contributed by atoms with Gasteiger partial charge < -0.3 is 9.55 Å². The van der Waals surface area contributed by atoms with Crippen molar-refractivity contribution in [3.05, 3.63) is 30.7 Å². The molecule has 3 aromatic rings. The molecule has 1 aliphatic heterocycles. The molecular weight excluding hydrogens is 314 g/mol. The summed E-state index contributed by atoms with van der Waals surface area (Å²) >= 11 is 0. The van der Waals surface area contributed by atoms with Crippen molar-refractivity contribution >= 4 is 21.1 Å². The number of sulfonamides is 1. The molecule has 1 aromatic carbocycles. The minimum Gasteiger partial charge on any atom is -0.342 e. The lowest BCUT2D eigenvalue weighted by molar-refractivity contribution is 0.477. The number of benzene rings is 1. The molecular formula is C15H17N5O2S. The zero-order chi connectivity index (χ0) is 16.0. The zero-order valence-electron chi connectivity index (χ0n) is 12.7. The van der Waals surface area contributed by atoms with Gasteiger partial charge in [-0.25, -0.2) is 18.4 Å². The topological polar surface area (TPSA) is 83.9 Å². The number of aromatic amines is 1. The van der Waals surface area contributed by atoms with E-state index in [1.807, 2.05) is 17.7 Å². The van der Waals surface area contributed by atoms with Gasteiger partial charge in [0, 0.05) is 20.1 Å².